The van der Waals surface area contributed by atoms with Gasteiger partial charge in [-0.25, -0.2) is 8.42 Å². The number of nitrogens with zero attached hydrogens (tertiary/aromatic N) is 4. The molecule has 0 bridgehead atoms. The van der Waals surface area contributed by atoms with E-state index in [1.807, 2.05) is 10.6 Å². The second-order valence-electron chi connectivity index (χ2n) is 6.85. The van der Waals surface area contributed by atoms with Crippen LogP contribution in [-0.2, 0) is 16.6 Å². The molecule has 2 heterocycles. The lowest BCUT2D eigenvalue weighted by Gasteiger charge is -2.42. The van der Waals surface area contributed by atoms with Crippen LogP contribution in [0.1, 0.15) is 37.9 Å². The van der Waals surface area contributed by atoms with Crippen LogP contribution in [0.25, 0.3) is 0 Å². The number of benzene rings is 1. The van der Waals surface area contributed by atoms with Gasteiger partial charge in [-0.05, 0) is 37.3 Å². The van der Waals surface area contributed by atoms with Crippen LogP contribution in [0, 0.1) is 5.41 Å². The first-order chi connectivity index (χ1) is 11.6. The summed E-state index contributed by atoms with van der Waals surface area (Å²) in [5, 5.41) is 8.38. The van der Waals surface area contributed by atoms with Crippen molar-refractivity contribution in [3.8, 4) is 0 Å². The Morgan fingerprint density at radius 1 is 1.25 bits per heavy atom. The Hall–Kier alpha value is -1.73. The highest BCUT2D eigenvalue weighted by atomic mass is 32.2. The fourth-order valence-electron chi connectivity index (χ4n) is 4.12. The topological polar surface area (TPSA) is 68.1 Å². The van der Waals surface area contributed by atoms with Crippen LogP contribution in [0.15, 0.2) is 41.6 Å². The lowest BCUT2D eigenvalue weighted by molar-refractivity contribution is 0.125. The Morgan fingerprint density at radius 2 is 2.00 bits per heavy atom. The van der Waals surface area contributed by atoms with Crippen molar-refractivity contribution in [1.29, 1.82) is 0 Å². The summed E-state index contributed by atoms with van der Waals surface area (Å²) in [6.45, 7) is 3.95. The van der Waals surface area contributed by atoms with E-state index in [0.717, 1.165) is 31.6 Å². The van der Waals surface area contributed by atoms with Crippen molar-refractivity contribution in [1.82, 2.24) is 19.1 Å². The van der Waals surface area contributed by atoms with Crippen molar-refractivity contribution in [2.45, 2.75) is 43.5 Å². The van der Waals surface area contributed by atoms with Gasteiger partial charge in [-0.1, -0.05) is 24.6 Å². The van der Waals surface area contributed by atoms with E-state index in [9.17, 15) is 8.42 Å². The summed E-state index contributed by atoms with van der Waals surface area (Å²) in [7, 11) is -3.45. The van der Waals surface area contributed by atoms with E-state index >= 15 is 0 Å². The van der Waals surface area contributed by atoms with E-state index in [0.29, 0.717) is 18.0 Å². The van der Waals surface area contributed by atoms with E-state index in [2.05, 4.69) is 17.1 Å². The summed E-state index contributed by atoms with van der Waals surface area (Å²) in [5.74, 6) is 1.06. The van der Waals surface area contributed by atoms with Crippen LogP contribution >= 0.6 is 0 Å². The molecule has 0 amide bonds. The second-order valence-corrected chi connectivity index (χ2v) is 8.79. The molecule has 7 heteroatoms. The largest absolute Gasteiger partial charge is 0.318 e. The average molecular weight is 346 g/mol. The molecule has 1 saturated heterocycles. The molecule has 1 atom stereocenters. The molecular formula is C17H22N4O2S. The molecule has 0 radical (unpaired) electrons. The van der Waals surface area contributed by atoms with Gasteiger partial charge in [-0.3, -0.25) is 0 Å². The lowest BCUT2D eigenvalue weighted by Crippen LogP contribution is -2.38. The summed E-state index contributed by atoms with van der Waals surface area (Å²) < 4.78 is 29.7. The molecule has 128 valence electrons. The van der Waals surface area contributed by atoms with Gasteiger partial charge in [-0.2, -0.15) is 4.31 Å². The molecule has 1 aromatic carbocycles. The predicted molar refractivity (Wildman–Crippen MR) is 89.9 cm³/mol. The van der Waals surface area contributed by atoms with Crippen molar-refractivity contribution in [3.63, 3.8) is 0 Å². The van der Waals surface area contributed by atoms with E-state index in [4.69, 9.17) is 0 Å². The Morgan fingerprint density at radius 3 is 2.62 bits per heavy atom. The smallest absolute Gasteiger partial charge is 0.243 e. The molecule has 2 aliphatic rings. The predicted octanol–water partition coefficient (Wildman–Crippen LogP) is 2.26. The number of aryl methyl sites for hydroxylation is 1. The third kappa shape index (κ3) is 2.29. The summed E-state index contributed by atoms with van der Waals surface area (Å²) >= 11 is 0. The minimum Gasteiger partial charge on any atom is -0.318 e. The van der Waals surface area contributed by atoms with E-state index in [1.165, 1.54) is 0 Å². The average Bonchev–Trinajstić information content (AvgIpc) is 3.19. The van der Waals surface area contributed by atoms with Crippen molar-refractivity contribution in [2.75, 3.05) is 13.1 Å². The quantitative estimate of drug-likeness (QED) is 0.851. The number of hydrogen-bond donors (Lipinski definition) is 0. The number of aromatic nitrogens is 3. The fraction of sp³-hybridized carbons (Fsp3) is 0.529. The fourth-order valence-corrected chi connectivity index (χ4v) is 5.69. The molecule has 1 aliphatic carbocycles. The zero-order valence-corrected chi connectivity index (χ0v) is 14.6. The molecule has 0 N–H and O–H groups in total. The second kappa shape index (κ2) is 5.67. The molecule has 2 aromatic rings. The van der Waals surface area contributed by atoms with Crippen molar-refractivity contribution in [3.05, 3.63) is 42.5 Å². The summed E-state index contributed by atoms with van der Waals surface area (Å²) in [6, 6.07) is 8.72. The number of sulfonamides is 1. The minimum atomic E-state index is -3.45. The summed E-state index contributed by atoms with van der Waals surface area (Å²) in [4.78, 5) is 0.372. The number of rotatable bonds is 4. The van der Waals surface area contributed by atoms with Crippen LogP contribution in [0.2, 0.25) is 0 Å². The highest BCUT2D eigenvalue weighted by molar-refractivity contribution is 7.89. The third-order valence-corrected chi connectivity index (χ3v) is 7.47. The highest BCUT2D eigenvalue weighted by Gasteiger charge is 2.55. The SMILES string of the molecule is CCn1cnnc1C1CN(S(=O)(=O)c2ccccc2)CC12CCC2. The molecule has 2 fully saturated rings. The van der Waals surface area contributed by atoms with Gasteiger partial charge in [-0.15, -0.1) is 10.2 Å². The van der Waals surface area contributed by atoms with Crippen LogP contribution < -0.4 is 0 Å². The summed E-state index contributed by atoms with van der Waals surface area (Å²) in [5.41, 5.74) is 0.0296. The third-order valence-electron chi connectivity index (χ3n) is 5.64. The molecule has 1 unspecified atom stereocenters. The maximum Gasteiger partial charge on any atom is 0.243 e. The Balaban J connectivity index is 1.69. The van der Waals surface area contributed by atoms with E-state index in [1.54, 1.807) is 34.9 Å². The standard InChI is InChI=1S/C17H22N4O2S/c1-2-20-13-18-19-16(20)15-11-21(12-17(15)9-6-10-17)24(22,23)14-7-4-3-5-8-14/h3-5,7-8,13,15H,2,6,9-12H2,1H3. The molecular weight excluding hydrogens is 324 g/mol. The summed E-state index contributed by atoms with van der Waals surface area (Å²) in [6.07, 6.45) is 5.04. The lowest BCUT2D eigenvalue weighted by atomic mass is 9.62. The number of hydrogen-bond acceptors (Lipinski definition) is 4. The van der Waals surface area contributed by atoms with Crippen LogP contribution in [0.4, 0.5) is 0 Å². The van der Waals surface area contributed by atoms with Crippen LogP contribution in [0.3, 0.4) is 0 Å². The van der Waals surface area contributed by atoms with Gasteiger partial charge in [0, 0.05) is 25.6 Å². The van der Waals surface area contributed by atoms with E-state index in [-0.39, 0.29) is 11.3 Å². The maximum absolute atomic E-state index is 13.0. The molecule has 4 rings (SSSR count). The minimum absolute atomic E-state index is 0.0296. The van der Waals surface area contributed by atoms with Gasteiger partial charge in [0.2, 0.25) is 10.0 Å². The first-order valence-corrected chi connectivity index (χ1v) is 9.94. The molecule has 6 nitrogen and oxygen atoms in total. The van der Waals surface area contributed by atoms with Gasteiger partial charge < -0.3 is 4.57 Å². The Labute approximate surface area is 142 Å². The zero-order valence-electron chi connectivity index (χ0n) is 13.8. The van der Waals surface area contributed by atoms with Gasteiger partial charge >= 0.3 is 0 Å². The van der Waals surface area contributed by atoms with Gasteiger partial charge in [0.15, 0.2) is 0 Å². The van der Waals surface area contributed by atoms with Crippen molar-refractivity contribution >= 4 is 10.0 Å². The molecule has 1 saturated carbocycles. The van der Waals surface area contributed by atoms with E-state index < -0.39 is 10.0 Å². The maximum atomic E-state index is 13.0. The van der Waals surface area contributed by atoms with Gasteiger partial charge in [0.25, 0.3) is 0 Å². The Bertz CT molecular complexity index is 827. The normalized spacial score (nSPS) is 23.5. The first kappa shape index (κ1) is 15.8. The highest BCUT2D eigenvalue weighted by Crippen LogP contribution is 2.56. The molecule has 1 aliphatic heterocycles. The van der Waals surface area contributed by atoms with Crippen LogP contribution in [-0.4, -0.2) is 40.6 Å². The molecule has 1 aromatic heterocycles. The molecule has 24 heavy (non-hydrogen) atoms. The van der Waals surface area contributed by atoms with Crippen molar-refractivity contribution in [2.24, 2.45) is 5.41 Å². The van der Waals surface area contributed by atoms with Crippen molar-refractivity contribution < 1.29 is 8.42 Å². The van der Waals surface area contributed by atoms with Crippen LogP contribution in [0.5, 0.6) is 0 Å². The van der Waals surface area contributed by atoms with Gasteiger partial charge in [0.05, 0.1) is 4.90 Å². The van der Waals surface area contributed by atoms with Gasteiger partial charge in [0.1, 0.15) is 12.2 Å². The zero-order chi connectivity index (χ0) is 16.8. The molecule has 1 spiro atoms. The first-order valence-electron chi connectivity index (χ1n) is 8.50. The monoisotopic (exact) mass is 346 g/mol. The Kier molecular flexibility index (Phi) is 3.73.